The lowest BCUT2D eigenvalue weighted by atomic mass is 10.1. The highest BCUT2D eigenvalue weighted by Gasteiger charge is 2.05. The molecule has 0 saturated heterocycles. The maximum absolute atomic E-state index is 4.55. The van der Waals surface area contributed by atoms with E-state index in [1.165, 1.54) is 9.13 Å². The van der Waals surface area contributed by atoms with Gasteiger partial charge < -0.3 is 0 Å². The summed E-state index contributed by atoms with van der Waals surface area (Å²) in [6.07, 6.45) is 5.99. The molecule has 0 fully saturated rings. The summed E-state index contributed by atoms with van der Waals surface area (Å²) >= 11 is 2.31. The molecule has 5 heteroatoms. The number of nitrogens with zero attached hydrogens (tertiary/aromatic N) is 4. The van der Waals surface area contributed by atoms with Gasteiger partial charge in [-0.3, -0.25) is 9.36 Å². The van der Waals surface area contributed by atoms with Crippen molar-refractivity contribution < 1.29 is 0 Å². The Morgan fingerprint density at radius 3 is 2.52 bits per heavy atom. The van der Waals surface area contributed by atoms with E-state index in [0.29, 0.717) is 12.6 Å². The van der Waals surface area contributed by atoms with Crippen molar-refractivity contribution in [2.45, 2.75) is 26.4 Å². The zero-order valence-corrected chi connectivity index (χ0v) is 14.2. The maximum Gasteiger partial charge on any atom is 0.0850 e. The predicted molar refractivity (Wildman–Crippen MR) is 92.1 cm³/mol. The van der Waals surface area contributed by atoms with Crippen LogP contribution in [0.25, 0.3) is 11.1 Å². The second kappa shape index (κ2) is 6.01. The number of hydrogen-bond acceptors (Lipinski definition) is 2. The quantitative estimate of drug-likeness (QED) is 0.630. The third-order valence-corrected chi connectivity index (χ3v) is 4.05. The second-order valence-corrected chi connectivity index (χ2v) is 6.56. The molecule has 4 nitrogen and oxygen atoms in total. The molecule has 0 bridgehead atoms. The third kappa shape index (κ3) is 3.34. The fourth-order valence-corrected chi connectivity index (χ4v) is 2.52. The van der Waals surface area contributed by atoms with E-state index in [1.807, 2.05) is 27.8 Å². The molecule has 108 valence electrons. The third-order valence-electron chi connectivity index (χ3n) is 3.33. The van der Waals surface area contributed by atoms with Crippen LogP contribution in [-0.2, 0) is 6.54 Å². The molecule has 2 aromatic heterocycles. The van der Waals surface area contributed by atoms with E-state index in [4.69, 9.17) is 0 Å². The Morgan fingerprint density at radius 2 is 1.86 bits per heavy atom. The molecule has 0 saturated carbocycles. The van der Waals surface area contributed by atoms with Crippen LogP contribution < -0.4 is 0 Å². The zero-order chi connectivity index (χ0) is 14.8. The largest absolute Gasteiger partial charge is 0.270 e. The molecule has 3 aromatic rings. The summed E-state index contributed by atoms with van der Waals surface area (Å²) in [4.78, 5) is 0. The molecule has 1 aromatic carbocycles. The Kier molecular flexibility index (Phi) is 4.10. The van der Waals surface area contributed by atoms with Crippen LogP contribution in [0, 0.1) is 3.57 Å². The zero-order valence-electron chi connectivity index (χ0n) is 12.1. The minimum Gasteiger partial charge on any atom is -0.270 e. The van der Waals surface area contributed by atoms with Gasteiger partial charge in [0, 0.05) is 27.6 Å². The van der Waals surface area contributed by atoms with Crippen molar-refractivity contribution in [2.75, 3.05) is 0 Å². The van der Waals surface area contributed by atoms with Gasteiger partial charge in [-0.15, -0.1) is 0 Å². The normalized spacial score (nSPS) is 11.2. The highest BCUT2D eigenvalue weighted by atomic mass is 127. The van der Waals surface area contributed by atoms with Crippen LogP contribution in [-0.4, -0.2) is 19.6 Å². The van der Waals surface area contributed by atoms with E-state index in [9.17, 15) is 0 Å². The van der Waals surface area contributed by atoms with Crippen molar-refractivity contribution in [1.82, 2.24) is 19.6 Å². The van der Waals surface area contributed by atoms with Crippen LogP contribution in [0.15, 0.2) is 48.9 Å². The van der Waals surface area contributed by atoms with Gasteiger partial charge in [0.05, 0.1) is 18.4 Å². The molecular weight excluding hydrogens is 375 g/mol. The van der Waals surface area contributed by atoms with E-state index in [0.717, 1.165) is 11.3 Å². The smallest absolute Gasteiger partial charge is 0.0850 e. The van der Waals surface area contributed by atoms with Crippen molar-refractivity contribution in [1.29, 1.82) is 0 Å². The van der Waals surface area contributed by atoms with Crippen LogP contribution in [0.1, 0.15) is 25.6 Å². The Hall–Kier alpha value is -1.63. The average molecular weight is 392 g/mol. The summed E-state index contributed by atoms with van der Waals surface area (Å²) in [5.74, 6) is 0. The molecule has 0 aliphatic rings. The lowest BCUT2D eigenvalue weighted by molar-refractivity contribution is 0.521. The van der Waals surface area contributed by atoms with Gasteiger partial charge in [0.2, 0.25) is 0 Å². The minimum atomic E-state index is 0.388. The number of aromatic nitrogens is 4. The van der Waals surface area contributed by atoms with Crippen LogP contribution >= 0.6 is 22.6 Å². The predicted octanol–water partition coefficient (Wildman–Crippen LogP) is 3.98. The molecule has 0 spiro atoms. The minimum absolute atomic E-state index is 0.388. The summed E-state index contributed by atoms with van der Waals surface area (Å²) < 4.78 is 5.14. The van der Waals surface area contributed by atoms with Gasteiger partial charge in [0.25, 0.3) is 0 Å². The van der Waals surface area contributed by atoms with Crippen LogP contribution in [0.5, 0.6) is 0 Å². The first kappa shape index (κ1) is 14.3. The number of hydrogen-bond donors (Lipinski definition) is 0. The monoisotopic (exact) mass is 392 g/mol. The summed E-state index contributed by atoms with van der Waals surface area (Å²) in [5.41, 5.74) is 3.35. The molecule has 3 rings (SSSR count). The van der Waals surface area contributed by atoms with Crippen molar-refractivity contribution in [2.24, 2.45) is 0 Å². The molecule has 21 heavy (non-hydrogen) atoms. The highest BCUT2D eigenvalue weighted by molar-refractivity contribution is 14.1. The standard InChI is InChI=1S/C16H17IN4/c1-12(2)21-8-7-16(19-21)11-20-10-14(9-18-20)13-3-5-15(17)6-4-13/h3-10,12H,11H2,1-2H3. The Labute approximate surface area is 137 Å². The van der Waals surface area contributed by atoms with Crippen LogP contribution in [0.4, 0.5) is 0 Å². The van der Waals surface area contributed by atoms with Crippen LogP contribution in [0.3, 0.4) is 0 Å². The van der Waals surface area contributed by atoms with Gasteiger partial charge in [-0.2, -0.15) is 10.2 Å². The van der Waals surface area contributed by atoms with E-state index < -0.39 is 0 Å². The first-order valence-corrected chi connectivity index (χ1v) is 8.02. The SMILES string of the molecule is CC(C)n1ccc(Cn2cc(-c3ccc(I)cc3)cn2)n1. The molecule has 2 heterocycles. The van der Waals surface area contributed by atoms with Gasteiger partial charge in [0.15, 0.2) is 0 Å². The van der Waals surface area contributed by atoms with E-state index in [1.54, 1.807) is 0 Å². The number of halogens is 1. The summed E-state index contributed by atoms with van der Waals surface area (Å²) in [6.45, 7) is 4.95. The van der Waals surface area contributed by atoms with Gasteiger partial charge in [-0.05, 0) is 60.2 Å². The van der Waals surface area contributed by atoms with Crippen molar-refractivity contribution in [3.63, 3.8) is 0 Å². The number of rotatable bonds is 4. The molecule has 0 amide bonds. The Morgan fingerprint density at radius 1 is 1.10 bits per heavy atom. The lowest BCUT2D eigenvalue weighted by Crippen LogP contribution is -2.04. The van der Waals surface area contributed by atoms with Gasteiger partial charge in [0.1, 0.15) is 0 Å². The molecule has 0 aliphatic carbocycles. The van der Waals surface area contributed by atoms with Crippen molar-refractivity contribution in [3.8, 4) is 11.1 Å². The first-order valence-electron chi connectivity index (χ1n) is 6.94. The average Bonchev–Trinajstić information content (AvgIpc) is 3.10. The van der Waals surface area contributed by atoms with Crippen molar-refractivity contribution >= 4 is 22.6 Å². The summed E-state index contributed by atoms with van der Waals surface area (Å²) in [5, 5.41) is 8.98. The second-order valence-electron chi connectivity index (χ2n) is 5.31. The molecule has 0 aliphatic heterocycles. The van der Waals surface area contributed by atoms with E-state index in [-0.39, 0.29) is 0 Å². The molecule has 0 radical (unpaired) electrons. The summed E-state index contributed by atoms with van der Waals surface area (Å²) in [6, 6.07) is 10.9. The Balaban J connectivity index is 1.76. The van der Waals surface area contributed by atoms with Gasteiger partial charge in [-0.1, -0.05) is 12.1 Å². The Bertz CT molecular complexity index is 725. The molecule has 0 atom stereocenters. The topological polar surface area (TPSA) is 35.6 Å². The fourth-order valence-electron chi connectivity index (χ4n) is 2.16. The van der Waals surface area contributed by atoms with E-state index in [2.05, 4.69) is 77.1 Å². The van der Waals surface area contributed by atoms with E-state index >= 15 is 0 Å². The number of benzene rings is 1. The molecule has 0 unspecified atom stereocenters. The summed E-state index contributed by atoms with van der Waals surface area (Å²) in [7, 11) is 0. The van der Waals surface area contributed by atoms with Crippen molar-refractivity contribution in [3.05, 3.63) is 58.2 Å². The maximum atomic E-state index is 4.55. The van der Waals surface area contributed by atoms with Crippen LogP contribution in [0.2, 0.25) is 0 Å². The fraction of sp³-hybridized carbons (Fsp3) is 0.250. The molecular formula is C16H17IN4. The van der Waals surface area contributed by atoms with Gasteiger partial charge in [-0.25, -0.2) is 0 Å². The lowest BCUT2D eigenvalue weighted by Gasteiger charge is -2.03. The van der Waals surface area contributed by atoms with Gasteiger partial charge >= 0.3 is 0 Å². The molecule has 0 N–H and O–H groups in total. The first-order chi connectivity index (χ1) is 10.1. The highest BCUT2D eigenvalue weighted by Crippen LogP contribution is 2.20.